The first kappa shape index (κ1) is 14.9. The van der Waals surface area contributed by atoms with Gasteiger partial charge < -0.3 is 5.73 Å². The highest BCUT2D eigenvalue weighted by atomic mass is 32.2. The lowest BCUT2D eigenvalue weighted by Gasteiger charge is -2.12. The van der Waals surface area contributed by atoms with Gasteiger partial charge in [-0.15, -0.1) is 0 Å². The molecular formula is C11H13FN2O4S2. The molecule has 1 aromatic rings. The van der Waals surface area contributed by atoms with Gasteiger partial charge in [0.1, 0.15) is 5.82 Å². The fourth-order valence-corrected chi connectivity index (χ4v) is 4.32. The Morgan fingerprint density at radius 2 is 2.05 bits per heavy atom. The quantitative estimate of drug-likeness (QED) is 0.779. The van der Waals surface area contributed by atoms with Crippen LogP contribution in [0.25, 0.3) is 0 Å². The summed E-state index contributed by atoms with van der Waals surface area (Å²) in [5.74, 6) is -1.09. The monoisotopic (exact) mass is 320 g/mol. The lowest BCUT2D eigenvalue weighted by molar-refractivity contribution is 0.571. The minimum Gasteiger partial charge on any atom is -0.398 e. The number of nitrogen functional groups attached to an aromatic ring is 1. The molecule has 1 unspecified atom stereocenters. The van der Waals surface area contributed by atoms with Gasteiger partial charge in [0.05, 0.1) is 16.7 Å². The molecule has 0 saturated heterocycles. The Morgan fingerprint density at radius 1 is 1.40 bits per heavy atom. The third-order valence-electron chi connectivity index (χ3n) is 2.90. The van der Waals surface area contributed by atoms with Crippen molar-refractivity contribution in [1.82, 2.24) is 4.72 Å². The highest BCUT2D eigenvalue weighted by molar-refractivity contribution is 7.94. The average Bonchev–Trinajstić information content (AvgIpc) is 2.64. The van der Waals surface area contributed by atoms with E-state index in [0.717, 1.165) is 17.5 Å². The molecule has 9 heteroatoms. The van der Waals surface area contributed by atoms with Crippen molar-refractivity contribution in [3.63, 3.8) is 0 Å². The van der Waals surface area contributed by atoms with Gasteiger partial charge in [-0.2, -0.15) is 0 Å². The van der Waals surface area contributed by atoms with Crippen LogP contribution in [0.4, 0.5) is 10.1 Å². The van der Waals surface area contributed by atoms with Gasteiger partial charge in [-0.3, -0.25) is 0 Å². The molecule has 0 amide bonds. The number of hydrogen-bond donors (Lipinski definition) is 2. The summed E-state index contributed by atoms with van der Waals surface area (Å²) in [6.45, 7) is 1.43. The van der Waals surface area contributed by atoms with Gasteiger partial charge in [-0.1, -0.05) is 6.08 Å². The Morgan fingerprint density at radius 3 is 2.55 bits per heavy atom. The van der Waals surface area contributed by atoms with E-state index in [1.165, 1.54) is 13.0 Å². The van der Waals surface area contributed by atoms with Crippen LogP contribution < -0.4 is 10.5 Å². The van der Waals surface area contributed by atoms with Crippen molar-refractivity contribution < 1.29 is 21.2 Å². The van der Waals surface area contributed by atoms with Crippen molar-refractivity contribution in [2.75, 3.05) is 11.5 Å². The van der Waals surface area contributed by atoms with Crippen molar-refractivity contribution in [1.29, 1.82) is 0 Å². The van der Waals surface area contributed by atoms with Gasteiger partial charge in [0, 0.05) is 16.7 Å². The molecular weight excluding hydrogens is 307 g/mol. The Balaban J connectivity index is 2.30. The van der Waals surface area contributed by atoms with Crippen LogP contribution in [0.15, 0.2) is 28.5 Å². The summed E-state index contributed by atoms with van der Waals surface area (Å²) in [4.78, 5) is -0.337. The van der Waals surface area contributed by atoms with E-state index in [1.807, 2.05) is 0 Å². The van der Waals surface area contributed by atoms with Gasteiger partial charge in [0.15, 0.2) is 9.84 Å². The predicted molar refractivity (Wildman–Crippen MR) is 72.6 cm³/mol. The maximum Gasteiger partial charge on any atom is 0.241 e. The SMILES string of the molecule is Cc1c(N)cc(S(=O)(=O)NC2C=CS(=O)(=O)C2)cc1F. The van der Waals surface area contributed by atoms with E-state index in [9.17, 15) is 21.2 Å². The second-order valence-electron chi connectivity index (χ2n) is 4.51. The van der Waals surface area contributed by atoms with Gasteiger partial charge in [0.25, 0.3) is 0 Å². The molecule has 1 aliphatic heterocycles. The number of nitrogens with one attached hydrogen (secondary N) is 1. The van der Waals surface area contributed by atoms with Crippen molar-refractivity contribution >= 4 is 25.5 Å². The Bertz CT molecular complexity index is 762. The van der Waals surface area contributed by atoms with Gasteiger partial charge in [0.2, 0.25) is 10.0 Å². The van der Waals surface area contributed by atoms with Crippen LogP contribution in [-0.4, -0.2) is 28.6 Å². The summed E-state index contributed by atoms with van der Waals surface area (Å²) in [6.07, 6.45) is 1.24. The first-order valence-corrected chi connectivity index (χ1v) is 8.79. The third kappa shape index (κ3) is 3.00. The molecule has 0 radical (unpaired) electrons. The smallest absolute Gasteiger partial charge is 0.241 e. The molecule has 1 aliphatic rings. The van der Waals surface area contributed by atoms with Crippen LogP contribution in [0.5, 0.6) is 0 Å². The molecule has 0 saturated carbocycles. The second-order valence-corrected chi connectivity index (χ2v) is 8.15. The normalized spacial score (nSPS) is 21.2. The molecule has 0 aliphatic carbocycles. The first-order valence-electron chi connectivity index (χ1n) is 5.60. The molecule has 1 atom stereocenters. The number of benzene rings is 1. The largest absolute Gasteiger partial charge is 0.398 e. The molecule has 0 fully saturated rings. The maximum absolute atomic E-state index is 13.5. The minimum atomic E-state index is -4.04. The Hall–Kier alpha value is -1.45. The topological polar surface area (TPSA) is 106 Å². The average molecular weight is 320 g/mol. The molecule has 2 rings (SSSR count). The highest BCUT2D eigenvalue weighted by Crippen LogP contribution is 2.21. The van der Waals surface area contributed by atoms with Crippen LogP contribution in [0.2, 0.25) is 0 Å². The molecule has 3 N–H and O–H groups in total. The number of hydrogen-bond acceptors (Lipinski definition) is 5. The summed E-state index contributed by atoms with van der Waals surface area (Å²) in [6, 6.07) is 1.12. The fourth-order valence-electron chi connectivity index (χ4n) is 1.75. The van der Waals surface area contributed by atoms with Gasteiger partial charge in [-0.05, 0) is 19.1 Å². The first-order chi connectivity index (χ1) is 9.11. The third-order valence-corrected chi connectivity index (χ3v) is 5.77. The summed E-state index contributed by atoms with van der Waals surface area (Å²) in [5, 5.41) is 0.949. The standard InChI is InChI=1S/C11H13FN2O4S2/c1-7-10(12)4-9(5-11(7)13)20(17,18)14-8-2-3-19(15,16)6-8/h2-5,8,14H,6,13H2,1H3. The van der Waals surface area contributed by atoms with Crippen molar-refractivity contribution in [2.45, 2.75) is 17.9 Å². The molecule has 1 aromatic carbocycles. The number of anilines is 1. The Kier molecular flexibility index (Phi) is 3.61. The molecule has 0 spiro atoms. The minimum absolute atomic E-state index is 0.0139. The van der Waals surface area contributed by atoms with Crippen molar-refractivity contribution in [3.05, 3.63) is 35.0 Å². The molecule has 0 aromatic heterocycles. The van der Waals surface area contributed by atoms with Crippen LogP contribution in [-0.2, 0) is 19.9 Å². The summed E-state index contributed by atoms with van der Waals surface area (Å²) in [7, 11) is -7.42. The van der Waals surface area contributed by atoms with E-state index in [2.05, 4.69) is 4.72 Å². The molecule has 110 valence electrons. The zero-order valence-electron chi connectivity index (χ0n) is 10.5. The number of nitrogens with two attached hydrogens (primary N) is 1. The van der Waals surface area contributed by atoms with Crippen molar-refractivity contribution in [3.8, 4) is 0 Å². The highest BCUT2D eigenvalue weighted by Gasteiger charge is 2.27. The molecule has 0 bridgehead atoms. The maximum atomic E-state index is 13.5. The zero-order valence-corrected chi connectivity index (χ0v) is 12.1. The fraction of sp³-hybridized carbons (Fsp3) is 0.273. The second kappa shape index (κ2) is 4.83. The van der Waals surface area contributed by atoms with Crippen LogP contribution in [0, 0.1) is 12.7 Å². The van der Waals surface area contributed by atoms with Gasteiger partial charge in [-0.25, -0.2) is 25.9 Å². The van der Waals surface area contributed by atoms with E-state index >= 15 is 0 Å². The van der Waals surface area contributed by atoms with E-state index in [-0.39, 0.29) is 21.9 Å². The number of rotatable bonds is 3. The zero-order chi connectivity index (χ0) is 15.1. The summed E-state index contributed by atoms with van der Waals surface area (Å²) in [5.41, 5.74) is 5.70. The number of sulfonamides is 1. The number of sulfone groups is 1. The van der Waals surface area contributed by atoms with Crippen LogP contribution >= 0.6 is 0 Å². The van der Waals surface area contributed by atoms with Crippen LogP contribution in [0.1, 0.15) is 5.56 Å². The summed E-state index contributed by atoms with van der Waals surface area (Å²) < 4.78 is 62.2. The van der Waals surface area contributed by atoms with Crippen LogP contribution in [0.3, 0.4) is 0 Å². The summed E-state index contributed by atoms with van der Waals surface area (Å²) >= 11 is 0. The lowest BCUT2D eigenvalue weighted by Crippen LogP contribution is -2.35. The Labute approximate surface area is 116 Å². The van der Waals surface area contributed by atoms with Gasteiger partial charge >= 0.3 is 0 Å². The van der Waals surface area contributed by atoms with E-state index in [1.54, 1.807) is 0 Å². The van der Waals surface area contributed by atoms with Crippen molar-refractivity contribution in [2.24, 2.45) is 0 Å². The molecule has 6 nitrogen and oxygen atoms in total. The van der Waals surface area contributed by atoms with E-state index < -0.39 is 31.7 Å². The molecule has 20 heavy (non-hydrogen) atoms. The lowest BCUT2D eigenvalue weighted by atomic mass is 10.2. The van der Waals surface area contributed by atoms with E-state index in [4.69, 9.17) is 5.73 Å². The van der Waals surface area contributed by atoms with E-state index in [0.29, 0.717) is 0 Å². The number of halogens is 1. The molecule has 1 heterocycles. The predicted octanol–water partition coefficient (Wildman–Crippen LogP) is 0.305.